The van der Waals surface area contributed by atoms with Gasteiger partial charge in [0.15, 0.2) is 0 Å². The molecule has 0 aliphatic carbocycles. The first kappa shape index (κ1) is 15.0. The van der Waals surface area contributed by atoms with Crippen LogP contribution in [-0.2, 0) is 0 Å². The van der Waals surface area contributed by atoms with Gasteiger partial charge in [0.1, 0.15) is 0 Å². The molecule has 0 aliphatic heterocycles. The van der Waals surface area contributed by atoms with E-state index in [9.17, 15) is 0 Å². The lowest BCUT2D eigenvalue weighted by molar-refractivity contribution is 0.379. The summed E-state index contributed by atoms with van der Waals surface area (Å²) < 4.78 is 5.12. The van der Waals surface area contributed by atoms with E-state index in [-0.39, 0.29) is 6.04 Å². The molecule has 0 saturated carbocycles. The number of nitrogens with one attached hydrogen (secondary N) is 2. The summed E-state index contributed by atoms with van der Waals surface area (Å²) in [4.78, 5) is 12.8. The summed E-state index contributed by atoms with van der Waals surface area (Å²) in [5.41, 5.74) is 1.20. The molecular formula is C15H21N5O. The van der Waals surface area contributed by atoms with Crippen molar-refractivity contribution in [3.05, 3.63) is 35.9 Å². The Hall–Kier alpha value is -2.37. The highest BCUT2D eigenvalue weighted by Crippen LogP contribution is 2.21. The van der Waals surface area contributed by atoms with Crippen LogP contribution in [-0.4, -0.2) is 28.6 Å². The lowest BCUT2D eigenvalue weighted by Gasteiger charge is -2.18. The van der Waals surface area contributed by atoms with Gasteiger partial charge in [0.25, 0.3) is 0 Å². The monoisotopic (exact) mass is 287 g/mol. The molecular weight excluding hydrogens is 266 g/mol. The SMILES string of the molecule is CCNc1nc(NC(CC)c2ccccc2)nc(OC)n1. The first-order chi connectivity index (χ1) is 10.3. The number of nitrogens with zero attached hydrogens (tertiary/aromatic N) is 3. The van der Waals surface area contributed by atoms with Crippen molar-refractivity contribution in [1.82, 2.24) is 15.0 Å². The van der Waals surface area contributed by atoms with Gasteiger partial charge in [-0.15, -0.1) is 0 Å². The van der Waals surface area contributed by atoms with E-state index in [0.717, 1.165) is 13.0 Å². The van der Waals surface area contributed by atoms with Crippen molar-refractivity contribution >= 4 is 11.9 Å². The van der Waals surface area contributed by atoms with E-state index in [2.05, 4.69) is 44.6 Å². The minimum absolute atomic E-state index is 0.146. The van der Waals surface area contributed by atoms with Gasteiger partial charge in [-0.05, 0) is 18.9 Å². The molecule has 0 saturated heterocycles. The molecule has 1 heterocycles. The molecule has 0 bridgehead atoms. The van der Waals surface area contributed by atoms with Gasteiger partial charge in [0, 0.05) is 6.54 Å². The van der Waals surface area contributed by atoms with Crippen LogP contribution in [0, 0.1) is 0 Å². The molecule has 1 atom stereocenters. The van der Waals surface area contributed by atoms with Crippen LogP contribution >= 0.6 is 0 Å². The summed E-state index contributed by atoms with van der Waals surface area (Å²) in [7, 11) is 1.54. The highest BCUT2D eigenvalue weighted by atomic mass is 16.5. The van der Waals surface area contributed by atoms with Gasteiger partial charge in [-0.2, -0.15) is 15.0 Å². The Labute approximate surface area is 125 Å². The van der Waals surface area contributed by atoms with Gasteiger partial charge in [-0.3, -0.25) is 0 Å². The molecule has 1 aromatic carbocycles. The molecule has 0 amide bonds. The highest BCUT2D eigenvalue weighted by Gasteiger charge is 2.12. The van der Waals surface area contributed by atoms with Crippen molar-refractivity contribution in [1.29, 1.82) is 0 Å². The Kier molecular flexibility index (Phi) is 5.31. The van der Waals surface area contributed by atoms with Crippen molar-refractivity contribution in [2.24, 2.45) is 0 Å². The lowest BCUT2D eigenvalue weighted by Crippen LogP contribution is -2.14. The second-order valence-electron chi connectivity index (χ2n) is 4.52. The maximum absolute atomic E-state index is 5.12. The van der Waals surface area contributed by atoms with Crippen LogP contribution in [0.5, 0.6) is 6.01 Å². The maximum atomic E-state index is 5.12. The minimum Gasteiger partial charge on any atom is -0.467 e. The molecule has 6 nitrogen and oxygen atoms in total. The van der Waals surface area contributed by atoms with Crippen molar-refractivity contribution in [3.63, 3.8) is 0 Å². The Morgan fingerprint density at radius 3 is 2.38 bits per heavy atom. The fraction of sp³-hybridized carbons (Fsp3) is 0.400. The molecule has 1 aromatic heterocycles. The van der Waals surface area contributed by atoms with Crippen molar-refractivity contribution in [3.8, 4) is 6.01 Å². The fourth-order valence-electron chi connectivity index (χ4n) is 2.01. The predicted octanol–water partition coefficient (Wildman–Crippen LogP) is 2.88. The Bertz CT molecular complexity index is 561. The van der Waals surface area contributed by atoms with Gasteiger partial charge < -0.3 is 15.4 Å². The van der Waals surface area contributed by atoms with Crippen molar-refractivity contribution in [2.45, 2.75) is 26.3 Å². The molecule has 0 fully saturated rings. The number of aromatic nitrogens is 3. The molecule has 1 unspecified atom stereocenters. The quantitative estimate of drug-likeness (QED) is 0.816. The Morgan fingerprint density at radius 1 is 1.05 bits per heavy atom. The van der Waals surface area contributed by atoms with E-state index in [1.54, 1.807) is 7.11 Å². The van der Waals surface area contributed by atoms with Crippen molar-refractivity contribution < 1.29 is 4.74 Å². The second-order valence-corrected chi connectivity index (χ2v) is 4.52. The van der Waals surface area contributed by atoms with Crippen LogP contribution in [0.2, 0.25) is 0 Å². The van der Waals surface area contributed by atoms with E-state index in [0.29, 0.717) is 17.9 Å². The van der Waals surface area contributed by atoms with Crippen LogP contribution in [0.25, 0.3) is 0 Å². The van der Waals surface area contributed by atoms with Crippen LogP contribution in [0.4, 0.5) is 11.9 Å². The van der Waals surface area contributed by atoms with E-state index in [1.165, 1.54) is 5.56 Å². The summed E-state index contributed by atoms with van der Waals surface area (Å²) in [6.07, 6.45) is 0.925. The molecule has 2 aromatic rings. The maximum Gasteiger partial charge on any atom is 0.322 e. The number of benzene rings is 1. The van der Waals surface area contributed by atoms with E-state index < -0.39 is 0 Å². The molecule has 112 valence electrons. The molecule has 21 heavy (non-hydrogen) atoms. The van der Waals surface area contributed by atoms with Gasteiger partial charge in [0.05, 0.1) is 13.2 Å². The number of hydrogen-bond donors (Lipinski definition) is 2. The highest BCUT2D eigenvalue weighted by molar-refractivity contribution is 5.38. The number of ether oxygens (including phenoxy) is 1. The zero-order chi connectivity index (χ0) is 15.1. The van der Waals surface area contributed by atoms with Crippen LogP contribution in [0.1, 0.15) is 31.9 Å². The summed E-state index contributed by atoms with van der Waals surface area (Å²) >= 11 is 0. The summed E-state index contributed by atoms with van der Waals surface area (Å²) in [5, 5.41) is 6.41. The van der Waals surface area contributed by atoms with Gasteiger partial charge in [-0.1, -0.05) is 37.3 Å². The van der Waals surface area contributed by atoms with E-state index >= 15 is 0 Å². The molecule has 0 radical (unpaired) electrons. The largest absolute Gasteiger partial charge is 0.467 e. The molecule has 6 heteroatoms. The second kappa shape index (κ2) is 7.42. The van der Waals surface area contributed by atoms with E-state index in [1.807, 2.05) is 25.1 Å². The minimum atomic E-state index is 0.146. The zero-order valence-electron chi connectivity index (χ0n) is 12.6. The summed E-state index contributed by atoms with van der Waals surface area (Å²) in [6.45, 7) is 4.85. The third kappa shape index (κ3) is 4.05. The lowest BCUT2D eigenvalue weighted by atomic mass is 10.1. The number of methoxy groups -OCH3 is 1. The van der Waals surface area contributed by atoms with Crippen LogP contribution in [0.3, 0.4) is 0 Å². The molecule has 0 spiro atoms. The van der Waals surface area contributed by atoms with Crippen LogP contribution < -0.4 is 15.4 Å². The third-order valence-corrected chi connectivity index (χ3v) is 3.05. The zero-order valence-corrected chi connectivity index (χ0v) is 12.6. The summed E-state index contributed by atoms with van der Waals surface area (Å²) in [5.74, 6) is 1.02. The van der Waals surface area contributed by atoms with Gasteiger partial charge in [-0.25, -0.2) is 0 Å². The van der Waals surface area contributed by atoms with Crippen LogP contribution in [0.15, 0.2) is 30.3 Å². The normalized spacial score (nSPS) is 11.8. The molecule has 0 aliphatic rings. The Balaban J connectivity index is 2.22. The van der Waals surface area contributed by atoms with E-state index in [4.69, 9.17) is 4.74 Å². The predicted molar refractivity (Wildman–Crippen MR) is 83.6 cm³/mol. The average molecular weight is 287 g/mol. The number of rotatable bonds is 7. The smallest absolute Gasteiger partial charge is 0.322 e. The molecule has 2 N–H and O–H groups in total. The topological polar surface area (TPSA) is 72.0 Å². The number of hydrogen-bond acceptors (Lipinski definition) is 6. The standard InChI is InChI=1S/C15H21N5O/c1-4-12(11-9-7-6-8-10-11)17-14-18-13(16-5-2)19-15(20-14)21-3/h6-10,12H,4-5H2,1-3H3,(H2,16,17,18,19,20). The Morgan fingerprint density at radius 2 is 1.76 bits per heavy atom. The molecule has 2 rings (SSSR count). The van der Waals surface area contributed by atoms with Gasteiger partial charge in [0.2, 0.25) is 11.9 Å². The van der Waals surface area contributed by atoms with Crippen molar-refractivity contribution in [2.75, 3.05) is 24.3 Å². The summed E-state index contributed by atoms with van der Waals surface area (Å²) in [6, 6.07) is 10.7. The first-order valence-corrected chi connectivity index (χ1v) is 7.12. The third-order valence-electron chi connectivity index (χ3n) is 3.05. The number of anilines is 2. The fourth-order valence-corrected chi connectivity index (χ4v) is 2.01. The average Bonchev–Trinajstić information content (AvgIpc) is 2.53. The first-order valence-electron chi connectivity index (χ1n) is 7.12. The van der Waals surface area contributed by atoms with Gasteiger partial charge >= 0.3 is 6.01 Å².